The van der Waals surface area contributed by atoms with Crippen LogP contribution in [0.1, 0.15) is 33.2 Å². The molecule has 0 aliphatic carbocycles. The van der Waals surface area contributed by atoms with Gasteiger partial charge in [-0.25, -0.2) is 0 Å². The summed E-state index contributed by atoms with van der Waals surface area (Å²) in [6.07, 6.45) is 1.04. The predicted octanol–water partition coefficient (Wildman–Crippen LogP) is 1.59. The van der Waals surface area contributed by atoms with Gasteiger partial charge >= 0.3 is 0 Å². The molecule has 208 valence electrons. The molecular formula is C29H30N4O7. The third-order valence-corrected chi connectivity index (χ3v) is 6.94. The first kappa shape index (κ1) is 26.8. The van der Waals surface area contributed by atoms with Crippen LogP contribution in [-0.2, 0) is 17.9 Å². The molecule has 1 saturated heterocycles. The van der Waals surface area contributed by atoms with Gasteiger partial charge in [-0.15, -0.1) is 0 Å². The van der Waals surface area contributed by atoms with Crippen LogP contribution in [0.15, 0.2) is 65.6 Å². The van der Waals surface area contributed by atoms with Crippen molar-refractivity contribution >= 4 is 17.7 Å². The number of ether oxygens (including phenoxy) is 3. The highest BCUT2D eigenvalue weighted by molar-refractivity contribution is 5.96. The molecule has 1 aromatic heterocycles. The lowest BCUT2D eigenvalue weighted by atomic mass is 10.1. The van der Waals surface area contributed by atoms with Crippen LogP contribution in [0, 0.1) is 0 Å². The van der Waals surface area contributed by atoms with Gasteiger partial charge in [0.15, 0.2) is 18.1 Å². The van der Waals surface area contributed by atoms with Gasteiger partial charge in [-0.05, 0) is 48.9 Å². The summed E-state index contributed by atoms with van der Waals surface area (Å²) in [5.41, 5.74) is 1.17. The monoisotopic (exact) mass is 546 g/mol. The number of fused-ring (bicyclic) bond motifs is 7. The largest absolute Gasteiger partial charge is 0.493 e. The van der Waals surface area contributed by atoms with Crippen LogP contribution in [0.25, 0.3) is 0 Å². The molecule has 11 nitrogen and oxygen atoms in total. The summed E-state index contributed by atoms with van der Waals surface area (Å²) in [5, 5.41) is 5.78. The standard InChI is InChI=1S/C29H30N4O7/c1-3-32-11-10-20(13-27(32)35)29(37)33-15-22-25(16-33)40-21-7-4-18(5-8-21)14-30-26(34)17-39-24-12-19(28(36)31-22)6-9-23(24)38-2/h4-13,22,25H,3,14-17H2,1-2H3,(H,30,34)(H,31,36)/t22-,25-/m0/s1. The van der Waals surface area contributed by atoms with E-state index in [2.05, 4.69) is 10.6 Å². The quantitative estimate of drug-likeness (QED) is 0.511. The molecule has 3 amide bonds. The predicted molar refractivity (Wildman–Crippen MR) is 145 cm³/mol. The summed E-state index contributed by atoms with van der Waals surface area (Å²) in [7, 11) is 1.47. The summed E-state index contributed by atoms with van der Waals surface area (Å²) in [6, 6.07) is 14.3. The lowest BCUT2D eigenvalue weighted by Gasteiger charge is -2.21. The van der Waals surface area contributed by atoms with Crippen LogP contribution in [-0.4, -0.2) is 66.1 Å². The molecule has 0 radical (unpaired) electrons. The highest BCUT2D eigenvalue weighted by Gasteiger charge is 2.38. The Morgan fingerprint density at radius 2 is 1.85 bits per heavy atom. The van der Waals surface area contributed by atoms with E-state index in [4.69, 9.17) is 14.2 Å². The Hall–Kier alpha value is -4.80. The van der Waals surface area contributed by atoms with Gasteiger partial charge < -0.3 is 34.3 Å². The number of nitrogens with one attached hydrogen (secondary N) is 2. The molecule has 3 aliphatic heterocycles. The highest BCUT2D eigenvalue weighted by atomic mass is 16.5. The maximum Gasteiger partial charge on any atom is 0.258 e. The third-order valence-electron chi connectivity index (χ3n) is 6.94. The number of likely N-dealkylation sites (tertiary alicyclic amines) is 1. The highest BCUT2D eigenvalue weighted by Crippen LogP contribution is 2.29. The van der Waals surface area contributed by atoms with E-state index in [1.165, 1.54) is 23.8 Å². The summed E-state index contributed by atoms with van der Waals surface area (Å²) in [4.78, 5) is 52.9. The zero-order valence-electron chi connectivity index (χ0n) is 22.2. The number of hydrogen-bond donors (Lipinski definition) is 2. The van der Waals surface area contributed by atoms with E-state index < -0.39 is 18.1 Å². The van der Waals surface area contributed by atoms with Crippen LogP contribution in [0.4, 0.5) is 0 Å². The third kappa shape index (κ3) is 5.78. The van der Waals surface area contributed by atoms with Gasteiger partial charge in [0.05, 0.1) is 19.7 Å². The molecule has 11 heteroatoms. The molecule has 3 aliphatic rings. The Morgan fingerprint density at radius 1 is 1.05 bits per heavy atom. The van der Waals surface area contributed by atoms with Crippen molar-refractivity contribution in [3.8, 4) is 17.2 Å². The Balaban J connectivity index is 1.44. The van der Waals surface area contributed by atoms with Gasteiger partial charge in [0.1, 0.15) is 11.9 Å². The fraction of sp³-hybridized carbons (Fsp3) is 0.310. The van der Waals surface area contributed by atoms with Crippen molar-refractivity contribution < 1.29 is 28.6 Å². The van der Waals surface area contributed by atoms with Crippen molar-refractivity contribution in [2.75, 3.05) is 26.8 Å². The normalized spacial score (nSPS) is 19.0. The molecule has 40 heavy (non-hydrogen) atoms. The number of aryl methyl sites for hydroxylation is 1. The molecule has 4 heterocycles. The van der Waals surface area contributed by atoms with Crippen LogP contribution >= 0.6 is 0 Å². The number of hydrogen-bond acceptors (Lipinski definition) is 7. The SMILES string of the molecule is CCn1ccc(C(=O)N2C[C@@H]3NC(=O)c4ccc(OC)c(c4)OCC(=O)NCc4ccc(cc4)O[C@H]3C2)cc1=O. The summed E-state index contributed by atoms with van der Waals surface area (Å²) in [5.74, 6) is 0.123. The number of amides is 3. The van der Waals surface area contributed by atoms with Gasteiger partial charge in [0.2, 0.25) is 0 Å². The zero-order valence-corrected chi connectivity index (χ0v) is 22.2. The topological polar surface area (TPSA) is 128 Å². The summed E-state index contributed by atoms with van der Waals surface area (Å²) < 4.78 is 18.8. The number of methoxy groups -OCH3 is 1. The van der Waals surface area contributed by atoms with Gasteiger partial charge in [-0.3, -0.25) is 19.2 Å². The molecule has 4 bridgehead atoms. The second kappa shape index (κ2) is 11.5. The molecular weight excluding hydrogens is 516 g/mol. The Morgan fingerprint density at radius 3 is 2.58 bits per heavy atom. The molecule has 6 rings (SSSR count). The smallest absolute Gasteiger partial charge is 0.258 e. The molecule has 0 saturated carbocycles. The maximum atomic E-state index is 13.3. The van der Waals surface area contributed by atoms with E-state index in [1.807, 2.05) is 19.1 Å². The first-order valence-corrected chi connectivity index (χ1v) is 13.0. The molecule has 2 atom stereocenters. The molecule has 0 unspecified atom stereocenters. The van der Waals surface area contributed by atoms with Crippen LogP contribution < -0.4 is 30.4 Å². The van der Waals surface area contributed by atoms with Gasteiger partial charge in [0.25, 0.3) is 23.3 Å². The van der Waals surface area contributed by atoms with Crippen molar-refractivity contribution in [3.63, 3.8) is 0 Å². The summed E-state index contributed by atoms with van der Waals surface area (Å²) in [6.45, 7) is 2.78. The first-order chi connectivity index (χ1) is 19.3. The number of benzene rings is 2. The lowest BCUT2D eigenvalue weighted by molar-refractivity contribution is -0.123. The second-order valence-corrected chi connectivity index (χ2v) is 9.56. The minimum atomic E-state index is -0.556. The summed E-state index contributed by atoms with van der Waals surface area (Å²) >= 11 is 0. The number of pyridine rings is 1. The number of carbonyl (C=O) groups excluding carboxylic acids is 3. The maximum absolute atomic E-state index is 13.3. The fourth-order valence-electron chi connectivity index (χ4n) is 4.72. The van der Waals surface area contributed by atoms with Gasteiger partial charge in [-0.2, -0.15) is 0 Å². The van der Waals surface area contributed by atoms with Crippen molar-refractivity contribution in [1.29, 1.82) is 0 Å². The molecule has 1 fully saturated rings. The molecule has 2 N–H and O–H groups in total. The van der Waals surface area contributed by atoms with E-state index in [0.717, 1.165) is 5.56 Å². The Bertz CT molecular complexity index is 1480. The fourth-order valence-corrected chi connectivity index (χ4v) is 4.72. The van der Waals surface area contributed by atoms with E-state index in [9.17, 15) is 19.2 Å². The average Bonchev–Trinajstić information content (AvgIpc) is 3.36. The van der Waals surface area contributed by atoms with Gasteiger partial charge in [0, 0.05) is 43.0 Å². The van der Waals surface area contributed by atoms with Crippen molar-refractivity contribution in [2.45, 2.75) is 32.2 Å². The number of carbonyl (C=O) groups is 3. The van der Waals surface area contributed by atoms with Crippen LogP contribution in [0.5, 0.6) is 17.2 Å². The lowest BCUT2D eigenvalue weighted by Crippen LogP contribution is -2.45. The minimum Gasteiger partial charge on any atom is -0.493 e. The van der Waals surface area contributed by atoms with Crippen LogP contribution in [0.3, 0.4) is 0 Å². The number of aromatic nitrogens is 1. The van der Waals surface area contributed by atoms with Crippen molar-refractivity contribution in [2.24, 2.45) is 0 Å². The van der Waals surface area contributed by atoms with Gasteiger partial charge in [-0.1, -0.05) is 12.1 Å². The van der Waals surface area contributed by atoms with Crippen molar-refractivity contribution in [3.05, 3.63) is 87.8 Å². The molecule has 0 spiro atoms. The molecule has 2 aromatic carbocycles. The minimum absolute atomic E-state index is 0.183. The van der Waals surface area contributed by atoms with E-state index in [-0.39, 0.29) is 53.9 Å². The van der Waals surface area contributed by atoms with Crippen LogP contribution in [0.2, 0.25) is 0 Å². The van der Waals surface area contributed by atoms with E-state index in [0.29, 0.717) is 24.6 Å². The zero-order chi connectivity index (χ0) is 28.2. The number of nitrogens with zero attached hydrogens (tertiary/aromatic N) is 2. The average molecular weight is 547 g/mol. The first-order valence-electron chi connectivity index (χ1n) is 13.0. The van der Waals surface area contributed by atoms with Crippen molar-refractivity contribution in [1.82, 2.24) is 20.1 Å². The Kier molecular flexibility index (Phi) is 7.72. The van der Waals surface area contributed by atoms with E-state index >= 15 is 0 Å². The molecule has 3 aromatic rings. The number of rotatable bonds is 3. The second-order valence-electron chi connectivity index (χ2n) is 9.56. The Labute approximate surface area is 230 Å². The van der Waals surface area contributed by atoms with E-state index in [1.54, 1.807) is 41.4 Å².